The Morgan fingerprint density at radius 3 is 2.63 bits per heavy atom. The van der Waals surface area contributed by atoms with Gasteiger partial charge in [0.1, 0.15) is 12.0 Å². The number of benzene rings is 2. The lowest BCUT2D eigenvalue weighted by Gasteiger charge is -2.24. The van der Waals surface area contributed by atoms with Gasteiger partial charge in [0.2, 0.25) is 0 Å². The number of nitrogen functional groups attached to an aromatic ring is 1. The van der Waals surface area contributed by atoms with E-state index in [4.69, 9.17) is 5.73 Å². The Labute approximate surface area is 159 Å². The zero-order valence-corrected chi connectivity index (χ0v) is 15.7. The number of carbonyl (C=O) groups is 1. The number of aromatic nitrogens is 2. The first-order valence-electron chi connectivity index (χ1n) is 8.82. The fourth-order valence-corrected chi connectivity index (χ4v) is 2.90. The van der Waals surface area contributed by atoms with Gasteiger partial charge in [-0.3, -0.25) is 4.79 Å². The number of nitrogens with one attached hydrogen (secondary N) is 1. The summed E-state index contributed by atoms with van der Waals surface area (Å²) in [5.74, 6) is 1.15. The molecule has 0 amide bonds. The molecule has 0 aliphatic carbocycles. The highest BCUT2D eigenvalue weighted by molar-refractivity contribution is 5.95. The van der Waals surface area contributed by atoms with E-state index in [0.717, 1.165) is 16.9 Å². The van der Waals surface area contributed by atoms with Crippen LogP contribution in [0.2, 0.25) is 0 Å². The molecule has 0 unspecified atom stereocenters. The molecule has 6 nitrogen and oxygen atoms in total. The Morgan fingerprint density at radius 1 is 1.15 bits per heavy atom. The van der Waals surface area contributed by atoms with Crippen molar-refractivity contribution >= 4 is 34.5 Å². The van der Waals surface area contributed by atoms with E-state index in [-0.39, 0.29) is 5.78 Å². The molecule has 27 heavy (non-hydrogen) atoms. The molecule has 0 fully saturated rings. The summed E-state index contributed by atoms with van der Waals surface area (Å²) in [6.07, 6.45) is 1.49. The third-order valence-corrected chi connectivity index (χ3v) is 4.28. The van der Waals surface area contributed by atoms with Crippen LogP contribution in [0.15, 0.2) is 54.9 Å². The van der Waals surface area contributed by atoms with Gasteiger partial charge in [-0.05, 0) is 50.6 Å². The Kier molecular flexibility index (Phi) is 5.35. The van der Waals surface area contributed by atoms with Crippen LogP contribution < -0.4 is 16.0 Å². The summed E-state index contributed by atoms with van der Waals surface area (Å²) >= 11 is 0. The summed E-state index contributed by atoms with van der Waals surface area (Å²) < 4.78 is 0. The summed E-state index contributed by atoms with van der Waals surface area (Å²) in [4.78, 5) is 22.3. The van der Waals surface area contributed by atoms with Crippen LogP contribution in [0.4, 0.5) is 28.7 Å². The SMILES string of the molecule is CCN(c1cccc(C)c1)c1ncnc(Nc2cccc(C(C)=O)c2)c1N. The number of ketones is 1. The number of rotatable bonds is 6. The predicted molar refractivity (Wildman–Crippen MR) is 110 cm³/mol. The fourth-order valence-electron chi connectivity index (χ4n) is 2.90. The van der Waals surface area contributed by atoms with Crippen LogP contribution in [0, 0.1) is 6.92 Å². The van der Waals surface area contributed by atoms with Crippen LogP contribution in [0.25, 0.3) is 0 Å². The van der Waals surface area contributed by atoms with Crippen molar-refractivity contribution in [3.63, 3.8) is 0 Å². The van der Waals surface area contributed by atoms with Crippen LogP contribution in [-0.4, -0.2) is 22.3 Å². The smallest absolute Gasteiger partial charge is 0.161 e. The molecule has 3 aromatic rings. The predicted octanol–water partition coefficient (Wildman–Crippen LogP) is 4.47. The van der Waals surface area contributed by atoms with Gasteiger partial charge >= 0.3 is 0 Å². The van der Waals surface area contributed by atoms with E-state index in [1.165, 1.54) is 13.3 Å². The maximum atomic E-state index is 11.6. The van der Waals surface area contributed by atoms with Crippen molar-refractivity contribution in [3.05, 3.63) is 66.0 Å². The molecule has 0 aliphatic heterocycles. The first-order chi connectivity index (χ1) is 13.0. The van der Waals surface area contributed by atoms with Crippen molar-refractivity contribution in [2.45, 2.75) is 20.8 Å². The van der Waals surface area contributed by atoms with Crippen molar-refractivity contribution in [2.75, 3.05) is 22.5 Å². The zero-order chi connectivity index (χ0) is 19.4. The Bertz CT molecular complexity index is 970. The molecule has 3 N–H and O–H groups in total. The van der Waals surface area contributed by atoms with Gasteiger partial charge in [0.15, 0.2) is 17.4 Å². The Balaban J connectivity index is 1.96. The van der Waals surface area contributed by atoms with Crippen molar-refractivity contribution in [1.29, 1.82) is 0 Å². The number of hydrogen-bond donors (Lipinski definition) is 2. The summed E-state index contributed by atoms with van der Waals surface area (Å²) in [6.45, 7) is 6.35. The number of nitrogens with two attached hydrogens (primary N) is 1. The van der Waals surface area contributed by atoms with E-state index in [1.54, 1.807) is 12.1 Å². The van der Waals surface area contributed by atoms with Gasteiger partial charge in [0.05, 0.1) is 0 Å². The number of carbonyl (C=O) groups excluding carboxylic acids is 1. The van der Waals surface area contributed by atoms with Crippen LogP contribution in [-0.2, 0) is 0 Å². The van der Waals surface area contributed by atoms with Crippen molar-refractivity contribution < 1.29 is 4.79 Å². The molecule has 0 saturated carbocycles. The second-order valence-electron chi connectivity index (χ2n) is 6.30. The average Bonchev–Trinajstić information content (AvgIpc) is 2.65. The third-order valence-electron chi connectivity index (χ3n) is 4.28. The van der Waals surface area contributed by atoms with Crippen molar-refractivity contribution in [1.82, 2.24) is 9.97 Å². The number of aryl methyl sites for hydroxylation is 1. The minimum Gasteiger partial charge on any atom is -0.393 e. The monoisotopic (exact) mass is 361 g/mol. The molecular weight excluding hydrogens is 338 g/mol. The summed E-state index contributed by atoms with van der Waals surface area (Å²) in [6, 6.07) is 15.4. The lowest BCUT2D eigenvalue weighted by atomic mass is 10.1. The summed E-state index contributed by atoms with van der Waals surface area (Å²) in [7, 11) is 0. The molecule has 0 aliphatic rings. The fraction of sp³-hybridized carbons (Fsp3) is 0.190. The average molecular weight is 361 g/mol. The van der Waals surface area contributed by atoms with Gasteiger partial charge < -0.3 is 16.0 Å². The lowest BCUT2D eigenvalue weighted by molar-refractivity contribution is 0.101. The number of Topliss-reactive ketones (excluding diaryl/α,β-unsaturated/α-hetero) is 1. The first kappa shape index (κ1) is 18.4. The minimum absolute atomic E-state index is 0.00611. The maximum Gasteiger partial charge on any atom is 0.161 e. The molecule has 6 heteroatoms. The third kappa shape index (κ3) is 4.06. The van der Waals surface area contributed by atoms with E-state index in [1.807, 2.05) is 36.1 Å². The molecular formula is C21H23N5O. The highest BCUT2D eigenvalue weighted by Gasteiger charge is 2.16. The number of nitrogens with zero attached hydrogens (tertiary/aromatic N) is 3. The quantitative estimate of drug-likeness (QED) is 0.630. The van der Waals surface area contributed by atoms with Crippen LogP contribution in [0.1, 0.15) is 29.8 Å². The second kappa shape index (κ2) is 7.86. The molecule has 2 aromatic carbocycles. The lowest BCUT2D eigenvalue weighted by Crippen LogP contribution is -2.20. The highest BCUT2D eigenvalue weighted by Crippen LogP contribution is 2.33. The summed E-state index contributed by atoms with van der Waals surface area (Å²) in [5, 5.41) is 3.19. The molecule has 0 radical (unpaired) electrons. The number of anilines is 5. The van der Waals surface area contributed by atoms with Gasteiger partial charge in [-0.2, -0.15) is 0 Å². The van der Waals surface area contributed by atoms with Gasteiger partial charge in [-0.15, -0.1) is 0 Å². The van der Waals surface area contributed by atoms with E-state index in [2.05, 4.69) is 34.3 Å². The van der Waals surface area contributed by atoms with E-state index < -0.39 is 0 Å². The molecule has 0 spiro atoms. The van der Waals surface area contributed by atoms with Crippen LogP contribution in [0.3, 0.4) is 0 Å². The molecule has 0 saturated heterocycles. The standard InChI is InChI=1S/C21H23N5O/c1-4-26(18-10-5-7-14(2)11-18)21-19(22)20(23-13-24-21)25-17-9-6-8-16(12-17)15(3)27/h5-13H,4,22H2,1-3H3,(H,23,24,25). The van der Waals surface area contributed by atoms with Crippen LogP contribution in [0.5, 0.6) is 0 Å². The number of hydrogen-bond acceptors (Lipinski definition) is 6. The van der Waals surface area contributed by atoms with Gasteiger partial charge in [0, 0.05) is 23.5 Å². The molecule has 3 rings (SSSR count). The Morgan fingerprint density at radius 2 is 1.93 bits per heavy atom. The van der Waals surface area contributed by atoms with Gasteiger partial charge in [-0.1, -0.05) is 24.3 Å². The Hall–Kier alpha value is -3.41. The zero-order valence-electron chi connectivity index (χ0n) is 15.7. The maximum absolute atomic E-state index is 11.6. The molecule has 1 heterocycles. The second-order valence-corrected chi connectivity index (χ2v) is 6.30. The molecule has 0 atom stereocenters. The van der Waals surface area contributed by atoms with E-state index in [0.29, 0.717) is 29.4 Å². The highest BCUT2D eigenvalue weighted by atomic mass is 16.1. The largest absolute Gasteiger partial charge is 0.393 e. The van der Waals surface area contributed by atoms with Crippen molar-refractivity contribution in [2.24, 2.45) is 0 Å². The molecule has 138 valence electrons. The summed E-state index contributed by atoms with van der Waals surface area (Å²) in [5.41, 5.74) is 10.4. The van der Waals surface area contributed by atoms with E-state index in [9.17, 15) is 4.79 Å². The van der Waals surface area contributed by atoms with Gasteiger partial charge in [-0.25, -0.2) is 9.97 Å². The van der Waals surface area contributed by atoms with Crippen molar-refractivity contribution in [3.8, 4) is 0 Å². The first-order valence-corrected chi connectivity index (χ1v) is 8.82. The van der Waals surface area contributed by atoms with Crippen LogP contribution >= 0.6 is 0 Å². The molecule has 0 bridgehead atoms. The molecule has 1 aromatic heterocycles. The minimum atomic E-state index is 0.00611. The topological polar surface area (TPSA) is 84.1 Å². The normalized spacial score (nSPS) is 10.5. The van der Waals surface area contributed by atoms with E-state index >= 15 is 0 Å². The van der Waals surface area contributed by atoms with Gasteiger partial charge in [0.25, 0.3) is 0 Å².